The van der Waals surface area contributed by atoms with E-state index in [-0.39, 0.29) is 19.1 Å². The molecule has 1 rings (SSSR count). The normalized spacial score (nSPS) is 10.0. The van der Waals surface area contributed by atoms with Crippen molar-refractivity contribution in [1.82, 2.24) is 4.90 Å². The first kappa shape index (κ1) is 16.0. The quantitative estimate of drug-likeness (QED) is 0.735. The second-order valence-electron chi connectivity index (χ2n) is 4.26. The summed E-state index contributed by atoms with van der Waals surface area (Å²) in [6, 6.07) is 5.65. The fraction of sp³-hybridized carbons (Fsp3) is 0.400. The van der Waals surface area contributed by atoms with Gasteiger partial charge in [0.15, 0.2) is 0 Å². The van der Waals surface area contributed by atoms with Gasteiger partial charge in [-0.15, -0.1) is 0 Å². The van der Waals surface area contributed by atoms with Gasteiger partial charge in [0.2, 0.25) is 5.91 Å². The van der Waals surface area contributed by atoms with E-state index in [4.69, 9.17) is 15.6 Å². The van der Waals surface area contributed by atoms with E-state index in [1.54, 1.807) is 7.11 Å². The molecular formula is C15H20N2O3. The third-order valence-corrected chi connectivity index (χ3v) is 2.80. The largest absolute Gasteiger partial charge is 0.495 e. The van der Waals surface area contributed by atoms with Gasteiger partial charge >= 0.3 is 0 Å². The Labute approximate surface area is 119 Å². The maximum atomic E-state index is 11.0. The van der Waals surface area contributed by atoms with Gasteiger partial charge < -0.3 is 15.6 Å². The average molecular weight is 276 g/mol. The number of primary amides is 1. The van der Waals surface area contributed by atoms with Crippen molar-refractivity contribution >= 4 is 5.91 Å². The molecule has 0 saturated carbocycles. The number of rotatable bonds is 6. The molecule has 0 saturated heterocycles. The summed E-state index contributed by atoms with van der Waals surface area (Å²) < 4.78 is 5.22. The van der Waals surface area contributed by atoms with E-state index in [2.05, 4.69) is 11.8 Å². The standard InChI is InChI=1S/C15H20N2O3/c1-3-17(11-15(16)19)10-12-6-7-14(20-2)13(9-12)5-4-8-18/h6-7,9,18H,3,8,10-11H2,1-2H3,(H2,16,19). The van der Waals surface area contributed by atoms with Gasteiger partial charge in [-0.1, -0.05) is 24.8 Å². The molecule has 0 aliphatic heterocycles. The van der Waals surface area contributed by atoms with Gasteiger partial charge in [-0.2, -0.15) is 0 Å². The van der Waals surface area contributed by atoms with Crippen LogP contribution in [0.15, 0.2) is 18.2 Å². The van der Waals surface area contributed by atoms with Crippen LogP contribution in [0.3, 0.4) is 0 Å². The topological polar surface area (TPSA) is 75.8 Å². The number of methoxy groups -OCH3 is 1. The van der Waals surface area contributed by atoms with Crippen molar-refractivity contribution in [2.24, 2.45) is 5.73 Å². The van der Waals surface area contributed by atoms with Gasteiger partial charge in [0.1, 0.15) is 12.4 Å². The Morgan fingerprint density at radius 2 is 2.25 bits per heavy atom. The number of ether oxygens (including phenoxy) is 1. The molecule has 0 atom stereocenters. The zero-order valence-corrected chi connectivity index (χ0v) is 11.8. The van der Waals surface area contributed by atoms with E-state index in [0.717, 1.165) is 12.1 Å². The number of benzene rings is 1. The molecule has 20 heavy (non-hydrogen) atoms. The molecule has 0 heterocycles. The summed E-state index contributed by atoms with van der Waals surface area (Å²) in [5.41, 5.74) is 6.94. The lowest BCUT2D eigenvalue weighted by atomic mass is 10.1. The van der Waals surface area contributed by atoms with Crippen LogP contribution in [0, 0.1) is 11.8 Å². The zero-order chi connectivity index (χ0) is 15.0. The Bertz CT molecular complexity index is 518. The number of aliphatic hydroxyl groups excluding tert-OH is 1. The van der Waals surface area contributed by atoms with Crippen molar-refractivity contribution in [2.75, 3.05) is 26.8 Å². The summed E-state index contributed by atoms with van der Waals surface area (Å²) in [4.78, 5) is 12.9. The molecular weight excluding hydrogens is 256 g/mol. The van der Waals surface area contributed by atoms with Crippen LogP contribution in [0.1, 0.15) is 18.1 Å². The maximum Gasteiger partial charge on any atom is 0.231 e. The molecule has 0 unspecified atom stereocenters. The van der Waals surface area contributed by atoms with Crippen LogP contribution < -0.4 is 10.5 Å². The number of nitrogens with zero attached hydrogens (tertiary/aromatic N) is 1. The number of aliphatic hydroxyl groups is 1. The SMILES string of the molecule is CCN(CC(N)=O)Cc1ccc(OC)c(C#CCO)c1. The Morgan fingerprint density at radius 1 is 1.50 bits per heavy atom. The molecule has 1 aromatic carbocycles. The molecule has 0 aromatic heterocycles. The minimum Gasteiger partial charge on any atom is -0.495 e. The molecule has 5 heteroatoms. The number of carbonyl (C=O) groups is 1. The second kappa shape index (κ2) is 8.20. The third-order valence-electron chi connectivity index (χ3n) is 2.80. The summed E-state index contributed by atoms with van der Waals surface area (Å²) in [5.74, 6) is 5.77. The van der Waals surface area contributed by atoms with Crippen LogP contribution in [0.4, 0.5) is 0 Å². The smallest absolute Gasteiger partial charge is 0.231 e. The lowest BCUT2D eigenvalue weighted by molar-refractivity contribution is -0.119. The Balaban J connectivity index is 2.93. The van der Waals surface area contributed by atoms with Gasteiger partial charge in [-0.05, 0) is 24.2 Å². The van der Waals surface area contributed by atoms with Crippen LogP contribution in [0.25, 0.3) is 0 Å². The van der Waals surface area contributed by atoms with Crippen LogP contribution in [0.5, 0.6) is 5.75 Å². The van der Waals surface area contributed by atoms with Crippen molar-refractivity contribution in [2.45, 2.75) is 13.5 Å². The third kappa shape index (κ3) is 4.92. The number of carbonyl (C=O) groups excluding carboxylic acids is 1. The summed E-state index contributed by atoms with van der Waals surface area (Å²) in [6.07, 6.45) is 0. The molecule has 5 nitrogen and oxygen atoms in total. The highest BCUT2D eigenvalue weighted by atomic mass is 16.5. The highest BCUT2D eigenvalue weighted by Crippen LogP contribution is 2.19. The average Bonchev–Trinajstić information content (AvgIpc) is 2.44. The first-order valence-corrected chi connectivity index (χ1v) is 6.38. The number of hydrogen-bond donors (Lipinski definition) is 2. The van der Waals surface area contributed by atoms with Crippen molar-refractivity contribution in [3.63, 3.8) is 0 Å². The van der Waals surface area contributed by atoms with Gasteiger partial charge in [-0.25, -0.2) is 0 Å². The van der Waals surface area contributed by atoms with Crippen LogP contribution in [-0.4, -0.2) is 42.7 Å². The lowest BCUT2D eigenvalue weighted by Gasteiger charge is -2.19. The van der Waals surface area contributed by atoms with Gasteiger partial charge in [0.25, 0.3) is 0 Å². The summed E-state index contributed by atoms with van der Waals surface area (Å²) in [5, 5.41) is 8.77. The molecule has 0 radical (unpaired) electrons. The minimum atomic E-state index is -0.347. The van der Waals surface area contributed by atoms with Crippen LogP contribution in [0.2, 0.25) is 0 Å². The highest BCUT2D eigenvalue weighted by molar-refractivity contribution is 5.75. The zero-order valence-electron chi connectivity index (χ0n) is 11.8. The number of hydrogen-bond acceptors (Lipinski definition) is 4. The fourth-order valence-electron chi connectivity index (χ4n) is 1.84. The molecule has 1 amide bonds. The maximum absolute atomic E-state index is 11.0. The number of nitrogens with two attached hydrogens (primary N) is 1. The van der Waals surface area contributed by atoms with Crippen molar-refractivity contribution in [3.8, 4) is 17.6 Å². The molecule has 0 bridgehead atoms. The predicted molar refractivity (Wildman–Crippen MR) is 77.1 cm³/mol. The van der Waals surface area contributed by atoms with E-state index in [0.29, 0.717) is 17.9 Å². The molecule has 3 N–H and O–H groups in total. The van der Waals surface area contributed by atoms with E-state index in [1.807, 2.05) is 30.0 Å². The number of amides is 1. The highest BCUT2D eigenvalue weighted by Gasteiger charge is 2.09. The monoisotopic (exact) mass is 276 g/mol. The summed E-state index contributed by atoms with van der Waals surface area (Å²) in [7, 11) is 1.57. The Hall–Kier alpha value is -2.03. The summed E-state index contributed by atoms with van der Waals surface area (Å²) >= 11 is 0. The van der Waals surface area contributed by atoms with Crippen molar-refractivity contribution < 1.29 is 14.6 Å². The van der Waals surface area contributed by atoms with Crippen LogP contribution in [-0.2, 0) is 11.3 Å². The molecule has 0 aliphatic carbocycles. The Kier molecular flexibility index (Phi) is 6.57. The van der Waals surface area contributed by atoms with E-state index in [1.165, 1.54) is 0 Å². The molecule has 0 spiro atoms. The van der Waals surface area contributed by atoms with E-state index < -0.39 is 0 Å². The molecule has 108 valence electrons. The Morgan fingerprint density at radius 3 is 2.80 bits per heavy atom. The molecule has 0 aliphatic rings. The lowest BCUT2D eigenvalue weighted by Crippen LogP contribution is -2.33. The van der Waals surface area contributed by atoms with Crippen molar-refractivity contribution in [3.05, 3.63) is 29.3 Å². The predicted octanol–water partition coefficient (Wildman–Crippen LogP) is 0.346. The number of likely N-dealkylation sites (N-methyl/N-ethyl adjacent to an activating group) is 1. The van der Waals surface area contributed by atoms with Crippen LogP contribution >= 0.6 is 0 Å². The van der Waals surface area contributed by atoms with Crippen molar-refractivity contribution in [1.29, 1.82) is 0 Å². The van der Waals surface area contributed by atoms with Gasteiger partial charge in [0.05, 0.1) is 19.2 Å². The van der Waals surface area contributed by atoms with E-state index >= 15 is 0 Å². The molecule has 0 fully saturated rings. The first-order valence-electron chi connectivity index (χ1n) is 6.38. The second-order valence-corrected chi connectivity index (χ2v) is 4.26. The van der Waals surface area contributed by atoms with Gasteiger partial charge in [-0.3, -0.25) is 9.69 Å². The molecule has 1 aromatic rings. The van der Waals surface area contributed by atoms with Gasteiger partial charge in [0, 0.05) is 6.54 Å². The minimum absolute atomic E-state index is 0.198. The fourth-order valence-corrected chi connectivity index (χ4v) is 1.84. The first-order chi connectivity index (χ1) is 9.60. The van der Waals surface area contributed by atoms with E-state index in [9.17, 15) is 4.79 Å². The summed E-state index contributed by atoms with van der Waals surface area (Å²) in [6.45, 7) is 3.33.